The summed E-state index contributed by atoms with van der Waals surface area (Å²) in [6, 6.07) is 12.2. The summed E-state index contributed by atoms with van der Waals surface area (Å²) in [6.45, 7) is 4.14. The molecule has 1 aliphatic heterocycles. The molecule has 2 aromatic carbocycles. The number of hydrogen-bond donors (Lipinski definition) is 1. The Balaban J connectivity index is 1.65. The van der Waals surface area contributed by atoms with Crippen molar-refractivity contribution in [1.29, 1.82) is 0 Å². The van der Waals surface area contributed by atoms with Gasteiger partial charge in [0, 0.05) is 18.8 Å². The Morgan fingerprint density at radius 2 is 1.77 bits per heavy atom. The highest BCUT2D eigenvalue weighted by Crippen LogP contribution is 2.31. The van der Waals surface area contributed by atoms with E-state index >= 15 is 0 Å². The molecule has 1 N–H and O–H groups in total. The number of nitrogens with zero attached hydrogens (tertiary/aromatic N) is 4. The van der Waals surface area contributed by atoms with Gasteiger partial charge in [0.05, 0.1) is 18.8 Å². The molecule has 7 nitrogen and oxygen atoms in total. The summed E-state index contributed by atoms with van der Waals surface area (Å²) in [5.74, 6) is 0.984. The predicted molar refractivity (Wildman–Crippen MR) is 109 cm³/mol. The monoisotopic (exact) mass is 431 g/mol. The fraction of sp³-hybridized carbons (Fsp3) is 0.286. The van der Waals surface area contributed by atoms with Crippen molar-refractivity contribution in [2.24, 2.45) is 0 Å². The van der Waals surface area contributed by atoms with Crippen molar-refractivity contribution in [3.63, 3.8) is 0 Å². The van der Waals surface area contributed by atoms with E-state index in [1.54, 1.807) is 6.07 Å². The first kappa shape index (κ1) is 20.9. The van der Waals surface area contributed by atoms with Crippen LogP contribution in [0.1, 0.15) is 11.1 Å². The summed E-state index contributed by atoms with van der Waals surface area (Å²) in [4.78, 5) is 14.9. The fourth-order valence-electron chi connectivity index (χ4n) is 3.04. The predicted octanol–water partition coefficient (Wildman–Crippen LogP) is 4.57. The van der Waals surface area contributed by atoms with Crippen LogP contribution in [-0.2, 0) is 10.9 Å². The highest BCUT2D eigenvalue weighted by atomic mass is 19.4. The van der Waals surface area contributed by atoms with Gasteiger partial charge in [-0.25, -0.2) is 0 Å². The molecule has 0 saturated carbocycles. The molecule has 0 spiro atoms. The van der Waals surface area contributed by atoms with Crippen molar-refractivity contribution < 1.29 is 22.6 Å². The van der Waals surface area contributed by atoms with Crippen LogP contribution in [0.3, 0.4) is 0 Å². The Bertz CT molecular complexity index is 1060. The molecule has 0 unspecified atom stereocenters. The smallest absolute Gasteiger partial charge is 0.416 e. The number of nitrogens with one attached hydrogen (secondary N) is 1. The van der Waals surface area contributed by atoms with Gasteiger partial charge in [-0.15, -0.1) is 0 Å². The molecule has 1 saturated heterocycles. The Labute approximate surface area is 176 Å². The summed E-state index contributed by atoms with van der Waals surface area (Å²) in [5, 5.41) is 2.83. The maximum atomic E-state index is 13.0. The third-order valence-corrected chi connectivity index (χ3v) is 4.54. The SMILES string of the molecule is Cc1cccc(Oc2nc(Nc3cccc(C(F)(F)F)c3)nc(N3CCOCC3)n2)c1. The number of rotatable bonds is 5. The molecule has 162 valence electrons. The van der Waals surface area contributed by atoms with E-state index in [1.807, 2.05) is 30.0 Å². The molecule has 4 rings (SSSR count). The summed E-state index contributed by atoms with van der Waals surface area (Å²) in [7, 11) is 0. The molecule has 3 aromatic rings. The minimum atomic E-state index is -4.45. The second-order valence-corrected chi connectivity index (χ2v) is 6.96. The van der Waals surface area contributed by atoms with Crippen LogP contribution in [0.25, 0.3) is 0 Å². The van der Waals surface area contributed by atoms with Crippen LogP contribution in [-0.4, -0.2) is 41.3 Å². The lowest BCUT2D eigenvalue weighted by Crippen LogP contribution is -2.37. The first-order valence-electron chi connectivity index (χ1n) is 9.64. The lowest BCUT2D eigenvalue weighted by Gasteiger charge is -2.27. The van der Waals surface area contributed by atoms with Crippen molar-refractivity contribution in [2.45, 2.75) is 13.1 Å². The molecule has 0 atom stereocenters. The third-order valence-electron chi connectivity index (χ3n) is 4.54. The third kappa shape index (κ3) is 5.40. The molecule has 1 fully saturated rings. The van der Waals surface area contributed by atoms with Crippen LogP contribution in [0.4, 0.5) is 30.8 Å². The molecule has 31 heavy (non-hydrogen) atoms. The molecule has 1 aliphatic rings. The molecule has 1 aromatic heterocycles. The Morgan fingerprint density at radius 1 is 1.00 bits per heavy atom. The van der Waals surface area contributed by atoms with E-state index < -0.39 is 11.7 Å². The number of alkyl halides is 3. The fourth-order valence-corrected chi connectivity index (χ4v) is 3.04. The van der Waals surface area contributed by atoms with E-state index in [4.69, 9.17) is 9.47 Å². The maximum Gasteiger partial charge on any atom is 0.416 e. The molecule has 0 aliphatic carbocycles. The number of morpholine rings is 1. The van der Waals surface area contributed by atoms with Crippen LogP contribution in [0.15, 0.2) is 48.5 Å². The van der Waals surface area contributed by atoms with Gasteiger partial charge >= 0.3 is 12.2 Å². The minimum absolute atomic E-state index is 0.0385. The molecule has 0 amide bonds. The standard InChI is InChI=1S/C21H20F3N5O2/c1-14-4-2-7-17(12-14)31-20-27-18(26-19(28-20)29-8-10-30-11-9-29)25-16-6-3-5-15(13-16)21(22,23)24/h2-7,12-13H,8-11H2,1H3,(H,25,26,27,28). The highest BCUT2D eigenvalue weighted by Gasteiger charge is 2.30. The zero-order valence-corrected chi connectivity index (χ0v) is 16.7. The van der Waals surface area contributed by atoms with Gasteiger partial charge in [-0.2, -0.15) is 28.1 Å². The number of aryl methyl sites for hydroxylation is 1. The van der Waals surface area contributed by atoms with Crippen LogP contribution in [0.5, 0.6) is 11.8 Å². The Kier molecular flexibility index (Phi) is 5.90. The zero-order chi connectivity index (χ0) is 21.8. The van der Waals surface area contributed by atoms with Crippen LogP contribution in [0, 0.1) is 6.92 Å². The Hall–Kier alpha value is -3.40. The number of anilines is 3. The normalized spacial score (nSPS) is 14.4. The van der Waals surface area contributed by atoms with Crippen molar-refractivity contribution in [3.05, 3.63) is 59.7 Å². The van der Waals surface area contributed by atoms with E-state index in [0.717, 1.165) is 17.7 Å². The molecular weight excluding hydrogens is 411 g/mol. The second-order valence-electron chi connectivity index (χ2n) is 6.96. The Morgan fingerprint density at radius 3 is 2.52 bits per heavy atom. The van der Waals surface area contributed by atoms with Gasteiger partial charge in [-0.1, -0.05) is 18.2 Å². The van der Waals surface area contributed by atoms with Crippen molar-refractivity contribution in [2.75, 3.05) is 36.5 Å². The van der Waals surface area contributed by atoms with Crippen LogP contribution >= 0.6 is 0 Å². The average molecular weight is 431 g/mol. The minimum Gasteiger partial charge on any atom is -0.424 e. The number of halogens is 3. The molecule has 0 radical (unpaired) electrons. The molecule has 0 bridgehead atoms. The largest absolute Gasteiger partial charge is 0.424 e. The first-order valence-corrected chi connectivity index (χ1v) is 9.64. The van der Waals surface area contributed by atoms with Gasteiger partial charge in [-0.3, -0.25) is 0 Å². The lowest BCUT2D eigenvalue weighted by atomic mass is 10.2. The van der Waals surface area contributed by atoms with Crippen molar-refractivity contribution in [3.8, 4) is 11.8 Å². The summed E-state index contributed by atoms with van der Waals surface area (Å²) < 4.78 is 50.3. The topological polar surface area (TPSA) is 72.4 Å². The number of benzene rings is 2. The van der Waals surface area contributed by atoms with E-state index in [-0.39, 0.29) is 17.6 Å². The van der Waals surface area contributed by atoms with Gasteiger partial charge in [-0.05, 0) is 42.8 Å². The van der Waals surface area contributed by atoms with Crippen LogP contribution < -0.4 is 15.0 Å². The quantitative estimate of drug-likeness (QED) is 0.634. The van der Waals surface area contributed by atoms with Gasteiger partial charge in [0.1, 0.15) is 5.75 Å². The average Bonchev–Trinajstić information content (AvgIpc) is 2.74. The van der Waals surface area contributed by atoms with Crippen molar-refractivity contribution in [1.82, 2.24) is 15.0 Å². The van der Waals surface area contributed by atoms with Gasteiger partial charge in [0.25, 0.3) is 0 Å². The van der Waals surface area contributed by atoms with E-state index in [1.165, 1.54) is 12.1 Å². The lowest BCUT2D eigenvalue weighted by molar-refractivity contribution is -0.137. The summed E-state index contributed by atoms with van der Waals surface area (Å²) >= 11 is 0. The van der Waals surface area contributed by atoms with Gasteiger partial charge < -0.3 is 19.7 Å². The van der Waals surface area contributed by atoms with Crippen LogP contribution in [0.2, 0.25) is 0 Å². The first-order chi connectivity index (χ1) is 14.9. The molecule has 2 heterocycles. The summed E-state index contributed by atoms with van der Waals surface area (Å²) in [5.41, 5.74) is 0.439. The van der Waals surface area contributed by atoms with Crippen molar-refractivity contribution >= 4 is 17.6 Å². The zero-order valence-electron chi connectivity index (χ0n) is 16.7. The van der Waals surface area contributed by atoms with Gasteiger partial charge in [0.2, 0.25) is 11.9 Å². The number of ether oxygens (including phenoxy) is 2. The van der Waals surface area contributed by atoms with E-state index in [9.17, 15) is 13.2 Å². The van der Waals surface area contributed by atoms with Gasteiger partial charge in [0.15, 0.2) is 0 Å². The number of aromatic nitrogens is 3. The number of hydrogen-bond acceptors (Lipinski definition) is 7. The second kappa shape index (κ2) is 8.76. The highest BCUT2D eigenvalue weighted by molar-refractivity contribution is 5.56. The maximum absolute atomic E-state index is 13.0. The van der Waals surface area contributed by atoms with E-state index in [2.05, 4.69) is 20.3 Å². The summed E-state index contributed by atoms with van der Waals surface area (Å²) in [6.07, 6.45) is -4.45. The molecule has 10 heteroatoms. The molecular formula is C21H20F3N5O2. The van der Waals surface area contributed by atoms with E-state index in [0.29, 0.717) is 38.0 Å².